The molecule has 0 unspecified atom stereocenters. The van der Waals surface area contributed by atoms with Crippen molar-refractivity contribution in [3.05, 3.63) is 29.5 Å². The van der Waals surface area contributed by atoms with Crippen LogP contribution in [0.25, 0.3) is 10.1 Å². The SMILES string of the molecule is Cc1nsc2cccc(/C(N)=N\O)c12. The van der Waals surface area contributed by atoms with Gasteiger partial charge < -0.3 is 10.9 Å². The van der Waals surface area contributed by atoms with Crippen molar-refractivity contribution < 1.29 is 5.21 Å². The highest BCUT2D eigenvalue weighted by Gasteiger charge is 2.09. The molecule has 14 heavy (non-hydrogen) atoms. The zero-order valence-corrected chi connectivity index (χ0v) is 8.38. The smallest absolute Gasteiger partial charge is 0.170 e. The van der Waals surface area contributed by atoms with Crippen molar-refractivity contribution in [2.45, 2.75) is 6.92 Å². The number of nitrogens with two attached hydrogens (primary N) is 1. The van der Waals surface area contributed by atoms with Gasteiger partial charge in [0.15, 0.2) is 5.84 Å². The van der Waals surface area contributed by atoms with Gasteiger partial charge in [-0.1, -0.05) is 17.3 Å². The van der Waals surface area contributed by atoms with Crippen LogP contribution in [0.4, 0.5) is 0 Å². The zero-order valence-electron chi connectivity index (χ0n) is 7.56. The summed E-state index contributed by atoms with van der Waals surface area (Å²) in [6.45, 7) is 1.91. The summed E-state index contributed by atoms with van der Waals surface area (Å²) in [6.07, 6.45) is 0. The highest BCUT2D eigenvalue weighted by Crippen LogP contribution is 2.25. The Kier molecular flexibility index (Phi) is 2.09. The lowest BCUT2D eigenvalue weighted by atomic mass is 10.1. The topological polar surface area (TPSA) is 71.5 Å². The molecule has 1 heterocycles. The molecule has 0 aliphatic heterocycles. The summed E-state index contributed by atoms with van der Waals surface area (Å²) in [5.41, 5.74) is 7.21. The standard InChI is InChI=1S/C9H9N3OS/c1-5-8-6(9(10)11-13)3-2-4-7(8)14-12-5/h2-4,13H,1H3,(H2,10,11). The van der Waals surface area contributed by atoms with E-state index in [1.54, 1.807) is 0 Å². The fourth-order valence-corrected chi connectivity index (χ4v) is 2.23. The number of nitrogens with zero attached hydrogens (tertiary/aromatic N) is 2. The highest BCUT2D eigenvalue weighted by molar-refractivity contribution is 7.13. The zero-order chi connectivity index (χ0) is 10.1. The maximum Gasteiger partial charge on any atom is 0.170 e. The lowest BCUT2D eigenvalue weighted by Crippen LogP contribution is -2.13. The van der Waals surface area contributed by atoms with Gasteiger partial charge in [0, 0.05) is 10.9 Å². The van der Waals surface area contributed by atoms with Crippen LogP contribution in [-0.4, -0.2) is 15.4 Å². The Hall–Kier alpha value is -1.62. The molecule has 1 aromatic carbocycles. The van der Waals surface area contributed by atoms with Crippen molar-refractivity contribution in [2.24, 2.45) is 10.9 Å². The normalized spacial score (nSPS) is 12.2. The van der Waals surface area contributed by atoms with E-state index >= 15 is 0 Å². The predicted molar refractivity (Wildman–Crippen MR) is 56.9 cm³/mol. The molecular weight excluding hydrogens is 198 g/mol. The van der Waals surface area contributed by atoms with Gasteiger partial charge in [0.1, 0.15) is 0 Å². The van der Waals surface area contributed by atoms with E-state index in [0.29, 0.717) is 0 Å². The van der Waals surface area contributed by atoms with Gasteiger partial charge in [0.25, 0.3) is 0 Å². The molecule has 0 spiro atoms. The van der Waals surface area contributed by atoms with Gasteiger partial charge in [0.05, 0.1) is 10.4 Å². The van der Waals surface area contributed by atoms with Gasteiger partial charge in [-0.25, -0.2) is 0 Å². The maximum absolute atomic E-state index is 8.62. The first-order valence-corrected chi connectivity index (χ1v) is 4.84. The van der Waals surface area contributed by atoms with Crippen LogP contribution in [0.15, 0.2) is 23.4 Å². The fourth-order valence-electron chi connectivity index (χ4n) is 1.41. The van der Waals surface area contributed by atoms with E-state index in [1.165, 1.54) is 11.5 Å². The van der Waals surface area contributed by atoms with Crippen LogP contribution in [0.1, 0.15) is 11.3 Å². The number of aromatic nitrogens is 1. The van der Waals surface area contributed by atoms with Gasteiger partial charge in [0.2, 0.25) is 0 Å². The molecule has 0 atom stereocenters. The monoisotopic (exact) mass is 207 g/mol. The molecule has 1 aromatic heterocycles. The van der Waals surface area contributed by atoms with Gasteiger partial charge in [-0.2, -0.15) is 4.37 Å². The average molecular weight is 207 g/mol. The van der Waals surface area contributed by atoms with E-state index in [4.69, 9.17) is 10.9 Å². The Bertz CT molecular complexity index is 504. The average Bonchev–Trinajstić information content (AvgIpc) is 2.59. The minimum absolute atomic E-state index is 0.124. The van der Waals surface area contributed by atoms with Crippen molar-refractivity contribution in [1.29, 1.82) is 0 Å². The number of rotatable bonds is 1. The third-order valence-corrected chi connectivity index (χ3v) is 2.95. The maximum atomic E-state index is 8.62. The molecule has 0 saturated heterocycles. The summed E-state index contributed by atoms with van der Waals surface area (Å²) < 4.78 is 5.27. The molecule has 0 radical (unpaired) electrons. The molecule has 0 aliphatic carbocycles. The van der Waals surface area contributed by atoms with Crippen LogP contribution >= 0.6 is 11.5 Å². The predicted octanol–water partition coefficient (Wildman–Crippen LogP) is 1.70. The van der Waals surface area contributed by atoms with E-state index in [1.807, 2.05) is 25.1 Å². The number of benzene rings is 1. The molecule has 2 rings (SSSR count). The van der Waals surface area contributed by atoms with Gasteiger partial charge >= 0.3 is 0 Å². The third kappa shape index (κ3) is 1.22. The first kappa shape index (κ1) is 8.96. The van der Waals surface area contributed by atoms with Crippen LogP contribution < -0.4 is 5.73 Å². The molecule has 0 aliphatic rings. The molecule has 0 bridgehead atoms. The molecule has 3 N–H and O–H groups in total. The Morgan fingerprint density at radius 1 is 1.57 bits per heavy atom. The molecule has 0 saturated carbocycles. The second-order valence-corrected chi connectivity index (χ2v) is 3.74. The minimum atomic E-state index is 0.124. The number of amidine groups is 1. The Morgan fingerprint density at radius 2 is 2.36 bits per heavy atom. The number of hydrogen-bond acceptors (Lipinski definition) is 4. The first-order valence-electron chi connectivity index (χ1n) is 4.07. The number of hydrogen-bond donors (Lipinski definition) is 2. The fraction of sp³-hybridized carbons (Fsp3) is 0.111. The van der Waals surface area contributed by atoms with Crippen molar-refractivity contribution >= 4 is 27.5 Å². The quantitative estimate of drug-likeness (QED) is 0.323. The molecule has 0 fully saturated rings. The first-order chi connectivity index (χ1) is 6.74. The van der Waals surface area contributed by atoms with Gasteiger partial charge in [-0.15, -0.1) is 0 Å². The third-order valence-electron chi connectivity index (χ3n) is 2.05. The number of oxime groups is 1. The largest absolute Gasteiger partial charge is 0.409 e. The lowest BCUT2D eigenvalue weighted by molar-refractivity contribution is 0.318. The van der Waals surface area contributed by atoms with Crippen LogP contribution in [0.5, 0.6) is 0 Å². The Balaban J connectivity index is 2.82. The highest BCUT2D eigenvalue weighted by atomic mass is 32.1. The van der Waals surface area contributed by atoms with Crippen LogP contribution in [-0.2, 0) is 0 Å². The molecule has 2 aromatic rings. The van der Waals surface area contributed by atoms with Crippen LogP contribution in [0.2, 0.25) is 0 Å². The second-order valence-electron chi connectivity index (χ2n) is 2.93. The van der Waals surface area contributed by atoms with Gasteiger partial charge in [-0.05, 0) is 24.5 Å². The molecule has 0 amide bonds. The lowest BCUT2D eigenvalue weighted by Gasteiger charge is -2.00. The summed E-state index contributed by atoms with van der Waals surface area (Å²) in [7, 11) is 0. The molecular formula is C9H9N3OS. The van der Waals surface area contributed by atoms with E-state index in [2.05, 4.69) is 9.53 Å². The summed E-state index contributed by atoms with van der Waals surface area (Å²) in [6, 6.07) is 5.65. The van der Waals surface area contributed by atoms with E-state index in [0.717, 1.165) is 21.3 Å². The van der Waals surface area contributed by atoms with Gasteiger partial charge in [-0.3, -0.25) is 0 Å². The minimum Gasteiger partial charge on any atom is -0.409 e. The summed E-state index contributed by atoms with van der Waals surface area (Å²) in [5.74, 6) is 0.124. The second kappa shape index (κ2) is 3.26. The van der Waals surface area contributed by atoms with Crippen LogP contribution in [0.3, 0.4) is 0 Å². The molecule has 5 heteroatoms. The molecule has 4 nitrogen and oxygen atoms in total. The summed E-state index contributed by atoms with van der Waals surface area (Å²) in [4.78, 5) is 0. The van der Waals surface area contributed by atoms with E-state index in [-0.39, 0.29) is 5.84 Å². The van der Waals surface area contributed by atoms with Crippen molar-refractivity contribution in [3.63, 3.8) is 0 Å². The number of fused-ring (bicyclic) bond motifs is 1. The van der Waals surface area contributed by atoms with Crippen LogP contribution in [0, 0.1) is 6.92 Å². The molecule has 72 valence electrons. The Labute approximate surface area is 84.8 Å². The van der Waals surface area contributed by atoms with Crippen molar-refractivity contribution in [3.8, 4) is 0 Å². The summed E-state index contributed by atoms with van der Waals surface area (Å²) >= 11 is 1.41. The Morgan fingerprint density at radius 3 is 3.07 bits per heavy atom. The number of aryl methyl sites for hydroxylation is 1. The van der Waals surface area contributed by atoms with Crippen molar-refractivity contribution in [2.75, 3.05) is 0 Å². The van der Waals surface area contributed by atoms with E-state index < -0.39 is 0 Å². The van der Waals surface area contributed by atoms with Crippen molar-refractivity contribution in [1.82, 2.24) is 4.37 Å². The van der Waals surface area contributed by atoms with E-state index in [9.17, 15) is 0 Å². The summed E-state index contributed by atoms with van der Waals surface area (Å²) in [5, 5.41) is 12.6.